The number of hydrogen-bond acceptors (Lipinski definition) is 6. The predicted octanol–water partition coefficient (Wildman–Crippen LogP) is 7.76. The van der Waals surface area contributed by atoms with Crippen LogP contribution >= 0.6 is 0 Å². The van der Waals surface area contributed by atoms with Gasteiger partial charge in [-0.1, -0.05) is 35.5 Å². The van der Waals surface area contributed by atoms with Gasteiger partial charge < -0.3 is 19.3 Å². The molecule has 0 radical (unpaired) electrons. The Kier molecular flexibility index (Phi) is 6.44. The van der Waals surface area contributed by atoms with E-state index in [2.05, 4.69) is 21.1 Å². The Hall–Kier alpha value is -4.41. The van der Waals surface area contributed by atoms with E-state index in [0.29, 0.717) is 45.7 Å². The molecule has 4 fully saturated rings. The van der Waals surface area contributed by atoms with Crippen LogP contribution in [0.1, 0.15) is 59.0 Å². The van der Waals surface area contributed by atoms with Gasteiger partial charge in [-0.2, -0.15) is 13.2 Å². The molecule has 0 unspecified atom stereocenters. The van der Waals surface area contributed by atoms with Crippen molar-refractivity contribution in [2.75, 3.05) is 18.0 Å². The molecular weight excluding hydrogens is 590 g/mol. The van der Waals surface area contributed by atoms with Gasteiger partial charge in [0.25, 0.3) is 0 Å². The van der Waals surface area contributed by atoms with Crippen LogP contribution in [0.3, 0.4) is 0 Å². The number of fused-ring (bicyclic) bond motifs is 2. The fourth-order valence-electron chi connectivity index (χ4n) is 6.88. The largest absolute Gasteiger partial charge is 0.489 e. The Morgan fingerprint density at radius 3 is 2.51 bits per heavy atom. The average Bonchev–Trinajstić information content (AvgIpc) is 3.86. The Bertz CT molecular complexity index is 1830. The van der Waals surface area contributed by atoms with Gasteiger partial charge in [0.05, 0.1) is 11.1 Å². The van der Waals surface area contributed by atoms with Gasteiger partial charge in [-0.15, -0.1) is 0 Å². The van der Waals surface area contributed by atoms with Crippen LogP contribution in [0.15, 0.2) is 59.1 Å². The maximum absolute atomic E-state index is 13.8. The van der Waals surface area contributed by atoms with Crippen LogP contribution in [0.5, 0.6) is 5.75 Å². The van der Waals surface area contributed by atoms with Crippen LogP contribution in [0.4, 0.5) is 23.2 Å². The fourth-order valence-corrected chi connectivity index (χ4v) is 6.88. The van der Waals surface area contributed by atoms with E-state index in [4.69, 9.17) is 9.26 Å². The zero-order chi connectivity index (χ0) is 31.0. The minimum Gasteiger partial charge on any atom is -0.489 e. The summed E-state index contributed by atoms with van der Waals surface area (Å²) in [6, 6.07) is 12.5. The highest BCUT2D eigenvalue weighted by molar-refractivity contribution is 5.94. The van der Waals surface area contributed by atoms with Crippen LogP contribution in [0.2, 0.25) is 0 Å². The number of rotatable bonds is 8. The summed E-state index contributed by atoms with van der Waals surface area (Å²) < 4.78 is 66.5. The molecule has 2 aromatic carbocycles. The number of carboxylic acids is 1. The van der Waals surface area contributed by atoms with Crippen molar-refractivity contribution in [3.63, 3.8) is 0 Å². The molecular formula is C34H29F4N3O4. The first-order valence-corrected chi connectivity index (χ1v) is 15.2. The molecule has 232 valence electrons. The number of halogens is 4. The number of anilines is 1. The molecule has 1 aliphatic heterocycles. The Morgan fingerprint density at radius 1 is 1.07 bits per heavy atom. The van der Waals surface area contributed by atoms with Gasteiger partial charge in [0.1, 0.15) is 29.5 Å². The standard InChI is InChI=1S/C34H29F4N3O4/c35-18-11-20(12-18)44-30-14-29(33(42)43)39-28-10-7-19(13-24(28)30)41-15-25-21(26(25)16-41)8-9-23-31(40-45-32(23)17-5-6-17)22-3-1-2-4-27(22)34(36,37)38/h1-4,7-10,13-14,17-18,20-21,25-26H,5-6,11-12,15-16H2,(H,42,43)/b9-8+/t18?,20?,25-,26-/m0/s1. The van der Waals surface area contributed by atoms with Crippen molar-refractivity contribution >= 4 is 28.6 Å². The van der Waals surface area contributed by atoms with Crippen LogP contribution in [-0.2, 0) is 6.18 Å². The van der Waals surface area contributed by atoms with Gasteiger partial charge >= 0.3 is 12.1 Å². The lowest BCUT2D eigenvalue weighted by Crippen LogP contribution is -2.35. The van der Waals surface area contributed by atoms with E-state index in [0.717, 1.165) is 37.7 Å². The molecule has 2 atom stereocenters. The highest BCUT2D eigenvalue weighted by atomic mass is 19.4. The summed E-state index contributed by atoms with van der Waals surface area (Å²) in [6.07, 6.45) is 0.739. The van der Waals surface area contributed by atoms with Crippen LogP contribution in [-0.4, -0.2) is 46.6 Å². The van der Waals surface area contributed by atoms with Gasteiger partial charge in [-0.25, -0.2) is 14.2 Å². The second-order valence-electron chi connectivity index (χ2n) is 12.6. The maximum atomic E-state index is 13.8. The lowest BCUT2D eigenvalue weighted by atomic mass is 9.93. The number of ether oxygens (including phenoxy) is 1. The van der Waals surface area contributed by atoms with E-state index in [1.807, 2.05) is 18.2 Å². The number of carboxylic acid groups (broad SMARTS) is 1. The molecule has 7 nitrogen and oxygen atoms in total. The SMILES string of the molecule is O=C(O)c1cc(OC2CC(F)C2)c2cc(N3C[C@H]4C(/C=C/c5c(-c6ccccc6C(F)(F)F)noc5C5CC5)[C@@H]4C3)ccc2n1. The third kappa shape index (κ3) is 5.11. The van der Waals surface area contributed by atoms with Crippen molar-refractivity contribution in [1.29, 1.82) is 0 Å². The minimum absolute atomic E-state index is 0.0221. The predicted molar refractivity (Wildman–Crippen MR) is 158 cm³/mol. The van der Waals surface area contributed by atoms with Crippen molar-refractivity contribution < 1.29 is 36.7 Å². The lowest BCUT2D eigenvalue weighted by Gasteiger charge is -2.30. The van der Waals surface area contributed by atoms with Gasteiger partial charge in [0.2, 0.25) is 0 Å². The fraction of sp³-hybridized carbons (Fsp3) is 0.382. The van der Waals surface area contributed by atoms with Crippen molar-refractivity contribution in [3.8, 4) is 17.0 Å². The first-order valence-electron chi connectivity index (χ1n) is 15.2. The van der Waals surface area contributed by atoms with Gasteiger partial charge in [-0.05, 0) is 54.9 Å². The number of piperidine rings is 1. The zero-order valence-electron chi connectivity index (χ0n) is 24.0. The minimum atomic E-state index is -4.51. The van der Waals surface area contributed by atoms with Crippen molar-refractivity contribution in [3.05, 3.63) is 77.2 Å². The Labute approximate surface area is 255 Å². The number of carbonyl (C=O) groups is 1. The summed E-state index contributed by atoms with van der Waals surface area (Å²) in [5, 5.41) is 14.3. The summed E-state index contributed by atoms with van der Waals surface area (Å²) in [5.41, 5.74) is 1.49. The molecule has 0 spiro atoms. The molecule has 1 N–H and O–H groups in total. The number of hydrogen-bond donors (Lipinski definition) is 1. The van der Waals surface area contributed by atoms with Crippen molar-refractivity contribution in [1.82, 2.24) is 10.1 Å². The number of pyridine rings is 1. The molecule has 3 aliphatic carbocycles. The molecule has 11 heteroatoms. The molecule has 2 aromatic heterocycles. The Balaban J connectivity index is 1.02. The Morgan fingerprint density at radius 2 is 1.82 bits per heavy atom. The number of nitrogens with zero attached hydrogens (tertiary/aromatic N) is 3. The van der Waals surface area contributed by atoms with Gasteiger partial charge in [0, 0.05) is 60.1 Å². The second-order valence-corrected chi connectivity index (χ2v) is 12.6. The van der Waals surface area contributed by atoms with E-state index in [9.17, 15) is 27.5 Å². The van der Waals surface area contributed by atoms with E-state index < -0.39 is 23.9 Å². The molecule has 4 aromatic rings. The highest BCUT2D eigenvalue weighted by Crippen LogP contribution is 2.54. The number of benzene rings is 2. The first kappa shape index (κ1) is 28.1. The maximum Gasteiger partial charge on any atom is 0.417 e. The monoisotopic (exact) mass is 619 g/mol. The molecule has 4 aliphatic rings. The first-order chi connectivity index (χ1) is 21.6. The van der Waals surface area contributed by atoms with Crippen LogP contribution in [0.25, 0.3) is 28.2 Å². The molecule has 3 saturated carbocycles. The van der Waals surface area contributed by atoms with Crippen LogP contribution in [0, 0.1) is 17.8 Å². The molecule has 3 heterocycles. The third-order valence-electron chi connectivity index (χ3n) is 9.61. The van der Waals surface area contributed by atoms with Gasteiger partial charge in [0.15, 0.2) is 5.69 Å². The van der Waals surface area contributed by atoms with E-state index in [-0.39, 0.29) is 41.8 Å². The van der Waals surface area contributed by atoms with E-state index in [1.54, 1.807) is 12.1 Å². The summed E-state index contributed by atoms with van der Waals surface area (Å²) in [5.74, 6) is 1.16. The van der Waals surface area contributed by atoms with Gasteiger partial charge in [-0.3, -0.25) is 0 Å². The lowest BCUT2D eigenvalue weighted by molar-refractivity contribution is -0.137. The highest BCUT2D eigenvalue weighted by Gasteiger charge is 2.54. The summed E-state index contributed by atoms with van der Waals surface area (Å²) in [7, 11) is 0. The summed E-state index contributed by atoms with van der Waals surface area (Å²) in [4.78, 5) is 18.2. The van der Waals surface area contributed by atoms with E-state index in [1.165, 1.54) is 18.2 Å². The van der Waals surface area contributed by atoms with Crippen LogP contribution < -0.4 is 9.64 Å². The quantitative estimate of drug-likeness (QED) is 0.202. The summed E-state index contributed by atoms with van der Waals surface area (Å²) in [6.45, 7) is 1.61. The smallest absolute Gasteiger partial charge is 0.417 e. The summed E-state index contributed by atoms with van der Waals surface area (Å²) >= 11 is 0. The number of allylic oxidation sites excluding steroid dienone is 1. The third-order valence-corrected chi connectivity index (χ3v) is 9.61. The number of aromatic nitrogens is 2. The molecule has 0 bridgehead atoms. The van der Waals surface area contributed by atoms with Crippen molar-refractivity contribution in [2.24, 2.45) is 17.8 Å². The molecule has 0 amide bonds. The molecule has 45 heavy (non-hydrogen) atoms. The van der Waals surface area contributed by atoms with Crippen molar-refractivity contribution in [2.45, 2.75) is 50.1 Å². The second kappa shape index (κ2) is 10.3. The van der Waals surface area contributed by atoms with E-state index >= 15 is 0 Å². The molecule has 8 rings (SSSR count). The molecule has 1 saturated heterocycles. The number of aromatic carboxylic acids is 1. The normalized spacial score (nSPS) is 25.9. The average molecular weight is 620 g/mol. The topological polar surface area (TPSA) is 88.7 Å². The number of alkyl halides is 4. The zero-order valence-corrected chi connectivity index (χ0v) is 24.0.